The monoisotopic (exact) mass is 574 g/mol. The second kappa shape index (κ2) is 9.29. The average Bonchev–Trinajstić information content (AvgIpc) is 2.62. The lowest BCUT2D eigenvalue weighted by molar-refractivity contribution is -0.476. The maximum absolute atomic E-state index is 14.6. The van der Waals surface area contributed by atoms with Crippen molar-refractivity contribution in [1.82, 2.24) is 0 Å². The van der Waals surface area contributed by atoms with Gasteiger partial charge in [0, 0.05) is 0 Å². The Morgan fingerprint density at radius 2 is 0.900 bits per heavy atom. The van der Waals surface area contributed by atoms with E-state index in [2.05, 4.69) is 0 Å². The molecule has 0 aromatic carbocycles. The summed E-state index contributed by atoms with van der Waals surface area (Å²) >= 11 is 1.08. The van der Waals surface area contributed by atoms with Gasteiger partial charge >= 0.3 is 29.6 Å². The Bertz CT molecular complexity index is 583. The number of hydrogen-bond acceptors (Lipinski definition) is 0. The maximum Gasteiger partial charge on any atom is 0.384 e. The number of halogens is 12. The second-order valence-electron chi connectivity index (χ2n) is 7.40. The number of alkyl halides is 11. The van der Waals surface area contributed by atoms with Gasteiger partial charge in [0.15, 0.2) is 0 Å². The number of rotatable bonds is 10. The summed E-state index contributed by atoms with van der Waals surface area (Å²) in [5.41, 5.74) is -6.01. The molecule has 0 heterocycles. The summed E-state index contributed by atoms with van der Waals surface area (Å²) in [7, 11) is 0. The lowest BCUT2D eigenvalue weighted by Crippen LogP contribution is -2.83. The molecule has 1 aliphatic rings. The number of allylic oxidation sites excluding steroid dienone is 2. The summed E-state index contributed by atoms with van der Waals surface area (Å²) in [6, 6.07) is 0. The molecule has 0 aliphatic heterocycles. The summed E-state index contributed by atoms with van der Waals surface area (Å²) in [6.07, 6.45) is 5.10. The predicted molar refractivity (Wildman–Crippen MR) is 97.9 cm³/mol. The summed E-state index contributed by atoms with van der Waals surface area (Å²) < 4.78 is 149. The van der Waals surface area contributed by atoms with Crippen LogP contribution in [0.5, 0.6) is 0 Å². The molecule has 0 atom stereocenters. The van der Waals surface area contributed by atoms with E-state index in [1.54, 1.807) is 0 Å². The van der Waals surface area contributed by atoms with Crippen molar-refractivity contribution in [1.29, 1.82) is 0 Å². The van der Waals surface area contributed by atoms with E-state index in [0.717, 1.165) is 54.7 Å². The molecule has 30 heavy (non-hydrogen) atoms. The topological polar surface area (TPSA) is 0 Å². The molecule has 1 rings (SSSR count). The van der Waals surface area contributed by atoms with Crippen LogP contribution in [0, 0.1) is 0 Å². The maximum atomic E-state index is 14.6. The quantitative estimate of drug-likeness (QED) is 0.139. The fraction of sp³-hybridized carbons (Fsp3) is 0.889. The smallest absolute Gasteiger partial charge is 0.225 e. The molecule has 178 valence electrons. The Morgan fingerprint density at radius 1 is 0.567 bits per heavy atom. The molecular formula is C18H22F11I. The summed E-state index contributed by atoms with van der Waals surface area (Å²) in [5, 5.41) is 0. The first-order chi connectivity index (χ1) is 13.5. The molecule has 1 saturated carbocycles. The molecule has 1 fully saturated rings. The van der Waals surface area contributed by atoms with Gasteiger partial charge < -0.3 is 0 Å². The van der Waals surface area contributed by atoms with Crippen LogP contribution < -0.4 is 0 Å². The highest BCUT2D eigenvalue weighted by atomic mass is 127. The third-order valence-electron chi connectivity index (χ3n) is 5.12. The number of unbranched alkanes of at least 4 members (excludes halogenated alkanes) is 7. The SMILES string of the molecule is CCCCCCCCCCC(I)=CC1(F)C(F)(F)C(F)(F)C(F)(F)C(F)(F)C1(F)F. The van der Waals surface area contributed by atoms with E-state index in [0.29, 0.717) is 12.8 Å². The Hall–Kier alpha value is -0.300. The van der Waals surface area contributed by atoms with Crippen LogP contribution in [0.3, 0.4) is 0 Å². The van der Waals surface area contributed by atoms with Crippen molar-refractivity contribution in [3.05, 3.63) is 9.66 Å². The van der Waals surface area contributed by atoms with Crippen molar-refractivity contribution in [3.8, 4) is 0 Å². The zero-order chi connectivity index (χ0) is 23.6. The fourth-order valence-electron chi connectivity index (χ4n) is 3.14. The highest BCUT2D eigenvalue weighted by Crippen LogP contribution is 2.70. The van der Waals surface area contributed by atoms with E-state index in [1.807, 2.05) is 6.92 Å². The van der Waals surface area contributed by atoms with Gasteiger partial charge in [0.25, 0.3) is 5.67 Å². The van der Waals surface area contributed by atoms with Crippen LogP contribution in [0.1, 0.15) is 64.7 Å². The van der Waals surface area contributed by atoms with Crippen LogP contribution in [0.25, 0.3) is 0 Å². The molecule has 0 saturated heterocycles. The van der Waals surface area contributed by atoms with E-state index < -0.39 is 44.9 Å². The van der Waals surface area contributed by atoms with E-state index in [-0.39, 0.29) is 12.8 Å². The molecule has 0 amide bonds. The Balaban J connectivity index is 3.01. The van der Waals surface area contributed by atoms with Crippen molar-refractivity contribution < 1.29 is 48.3 Å². The standard InChI is InChI=1S/C18H22F11I/c1-2-3-4-5-6-7-8-9-10-12(30)11-13(19)14(20,21)16(24,25)18(28,29)17(26,27)15(13,22)23/h11H,2-10H2,1H3. The predicted octanol–water partition coefficient (Wildman–Crippen LogP) is 8.73. The molecule has 0 aromatic heterocycles. The van der Waals surface area contributed by atoms with Gasteiger partial charge in [-0.2, -0.15) is 43.9 Å². The third kappa shape index (κ3) is 4.18. The molecule has 12 heteroatoms. The highest BCUT2D eigenvalue weighted by molar-refractivity contribution is 14.1. The van der Waals surface area contributed by atoms with Crippen LogP contribution in [0.4, 0.5) is 48.3 Å². The molecule has 0 N–H and O–H groups in total. The largest absolute Gasteiger partial charge is 0.384 e. The zero-order valence-electron chi connectivity index (χ0n) is 16.0. The van der Waals surface area contributed by atoms with Crippen LogP contribution in [0.15, 0.2) is 9.66 Å². The van der Waals surface area contributed by atoms with Gasteiger partial charge in [0.05, 0.1) is 0 Å². The van der Waals surface area contributed by atoms with Crippen molar-refractivity contribution >= 4 is 22.6 Å². The highest BCUT2D eigenvalue weighted by Gasteiger charge is 3.00. The summed E-state index contributed by atoms with van der Waals surface area (Å²) in [6.45, 7) is 2.03. The van der Waals surface area contributed by atoms with E-state index >= 15 is 0 Å². The Kier molecular flexibility index (Phi) is 8.58. The Labute approximate surface area is 180 Å². The van der Waals surface area contributed by atoms with Gasteiger partial charge in [0.1, 0.15) is 0 Å². The lowest BCUT2D eigenvalue weighted by Gasteiger charge is -2.51. The first-order valence-electron chi connectivity index (χ1n) is 9.41. The first-order valence-corrected chi connectivity index (χ1v) is 10.5. The lowest BCUT2D eigenvalue weighted by atomic mass is 9.72. The van der Waals surface area contributed by atoms with Crippen molar-refractivity contribution in [3.63, 3.8) is 0 Å². The zero-order valence-corrected chi connectivity index (χ0v) is 18.1. The van der Waals surface area contributed by atoms with Gasteiger partial charge in [0.2, 0.25) is 0 Å². The normalized spacial score (nSPS) is 25.8. The minimum atomic E-state index is -7.17. The van der Waals surface area contributed by atoms with Gasteiger partial charge in [-0.25, -0.2) is 4.39 Å². The van der Waals surface area contributed by atoms with Crippen molar-refractivity contribution in [2.24, 2.45) is 0 Å². The average molecular weight is 574 g/mol. The van der Waals surface area contributed by atoms with E-state index in [4.69, 9.17) is 0 Å². The van der Waals surface area contributed by atoms with Gasteiger partial charge in [-0.1, -0.05) is 51.9 Å². The minimum Gasteiger partial charge on any atom is -0.225 e. The summed E-state index contributed by atoms with van der Waals surface area (Å²) in [5.74, 6) is -34.8. The second-order valence-corrected chi connectivity index (χ2v) is 8.79. The van der Waals surface area contributed by atoms with Gasteiger partial charge in [-0.3, -0.25) is 0 Å². The molecule has 0 aromatic rings. The van der Waals surface area contributed by atoms with Crippen LogP contribution >= 0.6 is 22.6 Å². The van der Waals surface area contributed by atoms with Crippen molar-refractivity contribution in [2.75, 3.05) is 0 Å². The molecule has 0 bridgehead atoms. The molecule has 1 aliphatic carbocycles. The van der Waals surface area contributed by atoms with Crippen LogP contribution in [-0.4, -0.2) is 35.3 Å². The first kappa shape index (κ1) is 27.7. The fourth-order valence-corrected chi connectivity index (χ4v) is 3.95. The van der Waals surface area contributed by atoms with E-state index in [1.165, 1.54) is 0 Å². The molecule has 0 spiro atoms. The third-order valence-corrected chi connectivity index (χ3v) is 5.97. The van der Waals surface area contributed by atoms with Gasteiger partial charge in [-0.15, -0.1) is 0 Å². The van der Waals surface area contributed by atoms with Crippen LogP contribution in [0.2, 0.25) is 0 Å². The number of hydrogen-bond donors (Lipinski definition) is 0. The Morgan fingerprint density at radius 3 is 1.30 bits per heavy atom. The summed E-state index contributed by atoms with van der Waals surface area (Å²) in [4.78, 5) is 0. The van der Waals surface area contributed by atoms with Crippen molar-refractivity contribution in [2.45, 2.75) is 100.0 Å². The van der Waals surface area contributed by atoms with Crippen LogP contribution in [-0.2, 0) is 0 Å². The molecule has 0 radical (unpaired) electrons. The molecular weight excluding hydrogens is 552 g/mol. The molecule has 0 nitrogen and oxygen atoms in total. The van der Waals surface area contributed by atoms with E-state index in [9.17, 15) is 48.3 Å². The minimum absolute atomic E-state index is 0.165. The van der Waals surface area contributed by atoms with Gasteiger partial charge in [-0.05, 0) is 45.1 Å². The molecule has 0 unspecified atom stereocenters.